The molecule has 2 N–H and O–H groups in total. The predicted octanol–water partition coefficient (Wildman–Crippen LogP) is 5.87. The van der Waals surface area contributed by atoms with Gasteiger partial charge in [0.15, 0.2) is 5.66 Å². The second-order valence-corrected chi connectivity index (χ2v) is 7.30. The van der Waals surface area contributed by atoms with Crippen LogP contribution < -0.4 is 10.6 Å². The van der Waals surface area contributed by atoms with Crippen LogP contribution in [0, 0.1) is 6.92 Å². The number of hydrogen-bond acceptors (Lipinski definition) is 2. The van der Waals surface area contributed by atoms with E-state index in [2.05, 4.69) is 96.4 Å². The maximum Gasteiger partial charge on any atom is 0.162 e. The minimum absolute atomic E-state index is 0.430. The zero-order valence-corrected chi connectivity index (χ0v) is 14.5. The molecule has 0 fully saturated rings. The molecule has 2 aliphatic rings. The van der Waals surface area contributed by atoms with Crippen LogP contribution >= 0.6 is 0 Å². The molecule has 0 saturated carbocycles. The highest BCUT2D eigenvalue weighted by Gasteiger charge is 2.45. The molecule has 26 heavy (non-hydrogen) atoms. The maximum atomic E-state index is 3.87. The summed E-state index contributed by atoms with van der Waals surface area (Å²) in [5.41, 5.74) is 8.39. The van der Waals surface area contributed by atoms with Gasteiger partial charge in [0.1, 0.15) is 0 Å². The summed E-state index contributed by atoms with van der Waals surface area (Å²) < 4.78 is 0. The van der Waals surface area contributed by atoms with Gasteiger partial charge in [0.05, 0.1) is 0 Å². The van der Waals surface area contributed by atoms with Crippen molar-refractivity contribution >= 4 is 22.1 Å². The molecule has 2 nitrogen and oxygen atoms in total. The third-order valence-corrected chi connectivity index (χ3v) is 5.75. The van der Waals surface area contributed by atoms with Crippen LogP contribution in [0.3, 0.4) is 0 Å². The molecular formula is C24H18N2. The van der Waals surface area contributed by atoms with E-state index in [1.807, 2.05) is 0 Å². The zero-order chi connectivity index (χ0) is 17.3. The first kappa shape index (κ1) is 14.0. The Kier molecular flexibility index (Phi) is 2.51. The Morgan fingerprint density at radius 3 is 2.12 bits per heavy atom. The van der Waals surface area contributed by atoms with Crippen molar-refractivity contribution in [2.24, 2.45) is 0 Å². The minimum Gasteiger partial charge on any atom is -0.355 e. The molecule has 6 rings (SSSR count). The monoisotopic (exact) mass is 334 g/mol. The first-order chi connectivity index (χ1) is 12.8. The Balaban J connectivity index is 1.70. The van der Waals surface area contributed by atoms with Gasteiger partial charge in [-0.1, -0.05) is 72.3 Å². The number of anilines is 2. The average molecular weight is 334 g/mol. The molecule has 1 heterocycles. The normalized spacial score (nSPS) is 15.3. The van der Waals surface area contributed by atoms with E-state index in [-0.39, 0.29) is 0 Å². The van der Waals surface area contributed by atoms with Gasteiger partial charge in [0.2, 0.25) is 0 Å². The van der Waals surface area contributed by atoms with E-state index >= 15 is 0 Å². The Morgan fingerprint density at radius 1 is 0.654 bits per heavy atom. The van der Waals surface area contributed by atoms with Gasteiger partial charge in [-0.3, -0.25) is 0 Å². The molecule has 124 valence electrons. The summed E-state index contributed by atoms with van der Waals surface area (Å²) in [6.45, 7) is 2.16. The Bertz CT molecular complexity index is 1170. The second-order valence-electron chi connectivity index (χ2n) is 7.30. The number of hydrogen-bond donors (Lipinski definition) is 2. The number of nitrogens with one attached hydrogen (secondary N) is 2. The van der Waals surface area contributed by atoms with Gasteiger partial charge in [-0.15, -0.1) is 0 Å². The Labute approximate surface area is 152 Å². The zero-order valence-electron chi connectivity index (χ0n) is 14.5. The first-order valence-electron chi connectivity index (χ1n) is 9.05. The minimum atomic E-state index is -0.430. The molecule has 0 amide bonds. The molecule has 0 saturated heterocycles. The second kappa shape index (κ2) is 4.67. The lowest BCUT2D eigenvalue weighted by atomic mass is 9.91. The van der Waals surface area contributed by atoms with Gasteiger partial charge in [-0.25, -0.2) is 0 Å². The molecule has 1 aliphatic heterocycles. The molecule has 4 aromatic carbocycles. The van der Waals surface area contributed by atoms with Crippen LogP contribution in [-0.2, 0) is 5.66 Å². The molecule has 1 aliphatic carbocycles. The number of benzene rings is 4. The van der Waals surface area contributed by atoms with Crippen LogP contribution in [0.25, 0.3) is 21.9 Å². The quantitative estimate of drug-likeness (QED) is 0.420. The van der Waals surface area contributed by atoms with Crippen molar-refractivity contribution in [1.29, 1.82) is 0 Å². The summed E-state index contributed by atoms with van der Waals surface area (Å²) >= 11 is 0. The van der Waals surface area contributed by atoms with Crippen LogP contribution in [-0.4, -0.2) is 0 Å². The number of fused-ring (bicyclic) bond motifs is 5. The SMILES string of the molecule is Cc1ccc2c(c1)C1(Nc3cccc4cccc(c34)N1)c1ccccc1-2. The standard InChI is InChI=1S/C24H18N2/c1-15-12-13-18-17-8-2-3-9-19(17)24(20(18)14-15)25-21-10-4-6-16-7-5-11-22(26-24)23(16)21/h2-14,25-26H,1H3. The highest BCUT2D eigenvalue weighted by atomic mass is 15.2. The van der Waals surface area contributed by atoms with E-state index in [9.17, 15) is 0 Å². The van der Waals surface area contributed by atoms with E-state index in [0.29, 0.717) is 0 Å². The van der Waals surface area contributed by atoms with E-state index in [0.717, 1.165) is 0 Å². The fourth-order valence-electron chi connectivity index (χ4n) is 4.65. The van der Waals surface area contributed by atoms with E-state index in [1.54, 1.807) is 0 Å². The van der Waals surface area contributed by atoms with Crippen molar-refractivity contribution in [3.8, 4) is 11.1 Å². The number of rotatable bonds is 0. The summed E-state index contributed by atoms with van der Waals surface area (Å²) in [5, 5.41) is 10.2. The van der Waals surface area contributed by atoms with Crippen molar-refractivity contribution in [3.63, 3.8) is 0 Å². The molecule has 0 bridgehead atoms. The first-order valence-corrected chi connectivity index (χ1v) is 9.05. The number of aryl methyl sites for hydroxylation is 1. The molecule has 0 atom stereocenters. The van der Waals surface area contributed by atoms with Crippen molar-refractivity contribution < 1.29 is 0 Å². The van der Waals surface area contributed by atoms with E-state index in [1.165, 1.54) is 50.0 Å². The van der Waals surface area contributed by atoms with Crippen molar-refractivity contribution in [3.05, 3.63) is 95.6 Å². The van der Waals surface area contributed by atoms with Crippen molar-refractivity contribution in [1.82, 2.24) is 0 Å². The summed E-state index contributed by atoms with van der Waals surface area (Å²) in [5.74, 6) is 0. The largest absolute Gasteiger partial charge is 0.355 e. The maximum absolute atomic E-state index is 3.87. The lowest BCUT2D eigenvalue weighted by Gasteiger charge is -2.40. The molecular weight excluding hydrogens is 316 g/mol. The molecule has 2 heteroatoms. The average Bonchev–Trinajstić information content (AvgIpc) is 2.92. The van der Waals surface area contributed by atoms with Crippen LogP contribution in [0.1, 0.15) is 16.7 Å². The fourth-order valence-corrected chi connectivity index (χ4v) is 4.65. The Hall–Kier alpha value is -3.26. The topological polar surface area (TPSA) is 24.1 Å². The predicted molar refractivity (Wildman–Crippen MR) is 109 cm³/mol. The lowest BCUT2D eigenvalue weighted by Crippen LogP contribution is -2.44. The van der Waals surface area contributed by atoms with Gasteiger partial charge in [-0.2, -0.15) is 0 Å². The third-order valence-electron chi connectivity index (χ3n) is 5.75. The van der Waals surface area contributed by atoms with E-state index < -0.39 is 5.66 Å². The molecule has 4 aromatic rings. The van der Waals surface area contributed by atoms with Gasteiger partial charge in [0, 0.05) is 27.9 Å². The van der Waals surface area contributed by atoms with Crippen LogP contribution in [0.5, 0.6) is 0 Å². The third kappa shape index (κ3) is 1.62. The molecule has 0 radical (unpaired) electrons. The van der Waals surface area contributed by atoms with Gasteiger partial charge < -0.3 is 10.6 Å². The summed E-state index contributed by atoms with van der Waals surface area (Å²) in [6, 6.07) is 28.4. The van der Waals surface area contributed by atoms with Gasteiger partial charge in [0.25, 0.3) is 0 Å². The molecule has 0 aromatic heterocycles. The van der Waals surface area contributed by atoms with Crippen LogP contribution in [0.2, 0.25) is 0 Å². The highest BCUT2D eigenvalue weighted by molar-refractivity contribution is 6.06. The smallest absolute Gasteiger partial charge is 0.162 e. The van der Waals surface area contributed by atoms with Crippen molar-refractivity contribution in [2.75, 3.05) is 10.6 Å². The molecule has 0 unspecified atom stereocenters. The van der Waals surface area contributed by atoms with Gasteiger partial charge in [-0.05, 0) is 35.6 Å². The van der Waals surface area contributed by atoms with E-state index in [4.69, 9.17) is 0 Å². The summed E-state index contributed by atoms with van der Waals surface area (Å²) in [6.07, 6.45) is 0. The summed E-state index contributed by atoms with van der Waals surface area (Å²) in [4.78, 5) is 0. The van der Waals surface area contributed by atoms with Crippen molar-refractivity contribution in [2.45, 2.75) is 12.6 Å². The van der Waals surface area contributed by atoms with Crippen LogP contribution in [0.4, 0.5) is 11.4 Å². The Morgan fingerprint density at radius 2 is 1.35 bits per heavy atom. The lowest BCUT2D eigenvalue weighted by molar-refractivity contribution is 0.695. The fraction of sp³-hybridized carbons (Fsp3) is 0.0833. The van der Waals surface area contributed by atoms with Gasteiger partial charge >= 0.3 is 0 Å². The highest BCUT2D eigenvalue weighted by Crippen LogP contribution is 2.52. The van der Waals surface area contributed by atoms with Crippen LogP contribution in [0.15, 0.2) is 78.9 Å². The summed E-state index contributed by atoms with van der Waals surface area (Å²) in [7, 11) is 0. The molecule has 1 spiro atoms.